The van der Waals surface area contributed by atoms with Gasteiger partial charge in [-0.15, -0.1) is 24.8 Å². The molecule has 1 N–H and O–H groups in total. The van der Waals surface area contributed by atoms with Gasteiger partial charge in [0.15, 0.2) is 0 Å². The van der Waals surface area contributed by atoms with Crippen LogP contribution in [0.15, 0.2) is 48.5 Å². The van der Waals surface area contributed by atoms with Crippen molar-refractivity contribution in [1.82, 2.24) is 5.32 Å². The molecule has 6 heteroatoms. The molecule has 1 saturated heterocycles. The van der Waals surface area contributed by atoms with Crippen molar-refractivity contribution in [3.05, 3.63) is 48.5 Å². The average Bonchev–Trinajstić information content (AvgIpc) is 2.72. The molecule has 2 aromatic rings. The van der Waals surface area contributed by atoms with Gasteiger partial charge >= 0.3 is 0 Å². The number of ether oxygens (including phenoxy) is 2. The van der Waals surface area contributed by atoms with Crippen LogP contribution in [0, 0.1) is 0 Å². The van der Waals surface area contributed by atoms with E-state index in [4.69, 9.17) is 9.47 Å². The van der Waals surface area contributed by atoms with Gasteiger partial charge in [-0.1, -0.05) is 30.3 Å². The minimum Gasteiger partial charge on any atom is -0.493 e. The van der Waals surface area contributed by atoms with Crippen molar-refractivity contribution in [1.29, 1.82) is 0 Å². The van der Waals surface area contributed by atoms with Crippen LogP contribution in [0.2, 0.25) is 0 Å². The van der Waals surface area contributed by atoms with Crippen LogP contribution >= 0.6 is 24.8 Å². The molecule has 0 amide bonds. The van der Waals surface area contributed by atoms with Crippen LogP contribution < -0.4 is 15.0 Å². The van der Waals surface area contributed by atoms with Gasteiger partial charge in [-0.3, -0.25) is 0 Å². The highest BCUT2D eigenvalue weighted by molar-refractivity contribution is 5.85. The van der Waals surface area contributed by atoms with Gasteiger partial charge in [-0.25, -0.2) is 0 Å². The Morgan fingerprint density at radius 3 is 2.32 bits per heavy atom. The molecule has 156 valence electrons. The van der Waals surface area contributed by atoms with Gasteiger partial charge in [0.05, 0.1) is 6.61 Å². The number of nitrogens with zero attached hydrogens (tertiary/aromatic N) is 1. The fraction of sp³-hybridized carbons (Fsp3) is 0.455. The molecular weight excluding hydrogens is 395 g/mol. The number of halogens is 2. The molecule has 0 aliphatic carbocycles. The third-order valence-electron chi connectivity index (χ3n) is 4.78. The van der Waals surface area contributed by atoms with E-state index in [1.165, 1.54) is 16.8 Å². The number of methoxy groups -OCH3 is 1. The minimum atomic E-state index is 0. The van der Waals surface area contributed by atoms with Crippen molar-refractivity contribution < 1.29 is 9.47 Å². The van der Waals surface area contributed by atoms with Crippen LogP contribution in [-0.4, -0.2) is 46.5 Å². The number of piperazine rings is 1. The van der Waals surface area contributed by atoms with Crippen molar-refractivity contribution in [3.8, 4) is 16.9 Å². The molecule has 0 radical (unpaired) electrons. The number of nitrogens with one attached hydrogen (secondary N) is 1. The van der Waals surface area contributed by atoms with Gasteiger partial charge in [0.1, 0.15) is 5.75 Å². The van der Waals surface area contributed by atoms with E-state index in [0.717, 1.165) is 64.4 Å². The van der Waals surface area contributed by atoms with Gasteiger partial charge < -0.3 is 19.7 Å². The quantitative estimate of drug-likeness (QED) is 0.583. The van der Waals surface area contributed by atoms with Crippen LogP contribution in [0.3, 0.4) is 0 Å². The van der Waals surface area contributed by atoms with Crippen LogP contribution in [0.5, 0.6) is 5.75 Å². The molecule has 28 heavy (non-hydrogen) atoms. The maximum Gasteiger partial charge on any atom is 0.129 e. The highest BCUT2D eigenvalue weighted by atomic mass is 35.5. The predicted molar refractivity (Wildman–Crippen MR) is 123 cm³/mol. The Morgan fingerprint density at radius 2 is 1.61 bits per heavy atom. The Kier molecular flexibility index (Phi) is 12.0. The summed E-state index contributed by atoms with van der Waals surface area (Å²) in [5.41, 5.74) is 3.62. The molecule has 0 atom stereocenters. The van der Waals surface area contributed by atoms with Crippen molar-refractivity contribution in [3.63, 3.8) is 0 Å². The van der Waals surface area contributed by atoms with E-state index < -0.39 is 0 Å². The average molecular weight is 427 g/mol. The Labute approximate surface area is 181 Å². The standard InChI is InChI=1S/C22H30N2O2.2ClH/c1-25-16-6-3-7-17-26-22-18-20(24-14-12-23-13-15-24)10-11-21(22)19-8-4-2-5-9-19;;/h2,4-5,8-11,18,23H,3,6-7,12-17H2,1H3;2*1H. The van der Waals surface area contributed by atoms with E-state index in [9.17, 15) is 0 Å². The maximum absolute atomic E-state index is 6.22. The molecular formula is C22H32Cl2N2O2. The first kappa shape index (κ1) is 24.6. The molecule has 3 rings (SSSR count). The third kappa shape index (κ3) is 7.17. The van der Waals surface area contributed by atoms with Gasteiger partial charge in [-0.2, -0.15) is 0 Å². The summed E-state index contributed by atoms with van der Waals surface area (Å²) in [5.74, 6) is 0.985. The lowest BCUT2D eigenvalue weighted by atomic mass is 10.0. The lowest BCUT2D eigenvalue weighted by Crippen LogP contribution is -2.43. The lowest BCUT2D eigenvalue weighted by molar-refractivity contribution is 0.189. The third-order valence-corrected chi connectivity index (χ3v) is 4.78. The summed E-state index contributed by atoms with van der Waals surface area (Å²) in [4.78, 5) is 2.43. The van der Waals surface area contributed by atoms with Crippen LogP contribution in [0.25, 0.3) is 11.1 Å². The van der Waals surface area contributed by atoms with E-state index in [-0.39, 0.29) is 24.8 Å². The molecule has 1 fully saturated rings. The van der Waals surface area contributed by atoms with Crippen molar-refractivity contribution in [2.45, 2.75) is 19.3 Å². The second-order valence-corrected chi connectivity index (χ2v) is 6.69. The molecule has 2 aromatic carbocycles. The van der Waals surface area contributed by atoms with Crippen molar-refractivity contribution in [2.75, 3.05) is 51.4 Å². The summed E-state index contributed by atoms with van der Waals surface area (Å²) in [6.07, 6.45) is 3.27. The van der Waals surface area contributed by atoms with E-state index in [0.29, 0.717) is 0 Å². The summed E-state index contributed by atoms with van der Waals surface area (Å²) in [6, 6.07) is 17.1. The molecule has 0 spiro atoms. The zero-order chi connectivity index (χ0) is 18.0. The zero-order valence-corrected chi connectivity index (χ0v) is 18.2. The Hall–Kier alpha value is -1.46. The van der Waals surface area contributed by atoms with Crippen LogP contribution in [0.1, 0.15) is 19.3 Å². The first-order valence-corrected chi connectivity index (χ1v) is 9.65. The van der Waals surface area contributed by atoms with E-state index in [1.54, 1.807) is 7.11 Å². The number of unbranched alkanes of at least 4 members (excludes halogenated alkanes) is 2. The largest absolute Gasteiger partial charge is 0.493 e. The Morgan fingerprint density at radius 1 is 0.893 bits per heavy atom. The fourth-order valence-electron chi connectivity index (χ4n) is 3.31. The smallest absolute Gasteiger partial charge is 0.129 e. The van der Waals surface area contributed by atoms with Gasteiger partial charge in [0, 0.05) is 57.2 Å². The monoisotopic (exact) mass is 426 g/mol. The summed E-state index contributed by atoms with van der Waals surface area (Å²) in [5, 5.41) is 3.41. The zero-order valence-electron chi connectivity index (χ0n) is 16.6. The van der Waals surface area contributed by atoms with Gasteiger partial charge in [0.25, 0.3) is 0 Å². The number of rotatable bonds is 9. The molecule has 0 unspecified atom stereocenters. The fourth-order valence-corrected chi connectivity index (χ4v) is 3.31. The highest BCUT2D eigenvalue weighted by Crippen LogP contribution is 2.34. The summed E-state index contributed by atoms with van der Waals surface area (Å²) >= 11 is 0. The van der Waals surface area contributed by atoms with Gasteiger partial charge in [-0.05, 0) is 37.0 Å². The van der Waals surface area contributed by atoms with Crippen molar-refractivity contribution >= 4 is 30.5 Å². The topological polar surface area (TPSA) is 33.7 Å². The van der Waals surface area contributed by atoms with E-state index in [2.05, 4.69) is 58.7 Å². The summed E-state index contributed by atoms with van der Waals surface area (Å²) in [7, 11) is 1.75. The second kappa shape index (κ2) is 13.7. The normalized spacial score (nSPS) is 13.4. The molecule has 4 nitrogen and oxygen atoms in total. The minimum absolute atomic E-state index is 0. The molecule has 0 aromatic heterocycles. The van der Waals surface area contributed by atoms with E-state index in [1.807, 2.05) is 0 Å². The number of hydrogen-bond acceptors (Lipinski definition) is 4. The number of anilines is 1. The molecule has 0 saturated carbocycles. The first-order valence-electron chi connectivity index (χ1n) is 9.65. The Bertz CT molecular complexity index is 665. The molecule has 1 heterocycles. The summed E-state index contributed by atoms with van der Waals surface area (Å²) < 4.78 is 11.3. The number of hydrogen-bond donors (Lipinski definition) is 1. The molecule has 1 aliphatic rings. The Balaban J connectivity index is 0.00000196. The highest BCUT2D eigenvalue weighted by Gasteiger charge is 2.14. The van der Waals surface area contributed by atoms with Crippen LogP contribution in [0.4, 0.5) is 5.69 Å². The maximum atomic E-state index is 6.22. The predicted octanol–water partition coefficient (Wildman–Crippen LogP) is 4.80. The number of benzene rings is 2. The second-order valence-electron chi connectivity index (χ2n) is 6.69. The first-order chi connectivity index (χ1) is 12.9. The molecule has 1 aliphatic heterocycles. The van der Waals surface area contributed by atoms with E-state index >= 15 is 0 Å². The van der Waals surface area contributed by atoms with Gasteiger partial charge in [0.2, 0.25) is 0 Å². The van der Waals surface area contributed by atoms with Crippen molar-refractivity contribution in [2.24, 2.45) is 0 Å². The van der Waals surface area contributed by atoms with Crippen LogP contribution in [-0.2, 0) is 4.74 Å². The molecule has 0 bridgehead atoms. The SMILES string of the molecule is COCCCCCOc1cc(N2CCNCC2)ccc1-c1ccccc1.Cl.Cl. The lowest BCUT2D eigenvalue weighted by Gasteiger charge is -2.30. The summed E-state index contributed by atoms with van der Waals surface area (Å²) in [6.45, 7) is 5.73.